The fraction of sp³-hybridized carbons (Fsp3) is 0.500. The average Bonchev–Trinajstić information content (AvgIpc) is 2.68. The lowest BCUT2D eigenvalue weighted by Gasteiger charge is -2.25. The third-order valence-corrected chi connectivity index (χ3v) is 3.86. The van der Waals surface area contributed by atoms with Crippen molar-refractivity contribution in [3.63, 3.8) is 0 Å². The molecule has 1 aliphatic carbocycles. The minimum Gasteiger partial charge on any atom is -0.299 e. The molecule has 0 spiro atoms. The highest BCUT2D eigenvalue weighted by atomic mass is 16.7. The molecule has 1 aromatic rings. The van der Waals surface area contributed by atoms with Gasteiger partial charge in [0, 0.05) is 13.5 Å². The van der Waals surface area contributed by atoms with Crippen LogP contribution in [-0.2, 0) is 9.63 Å². The van der Waals surface area contributed by atoms with Crippen molar-refractivity contribution >= 4 is 5.78 Å². The summed E-state index contributed by atoms with van der Waals surface area (Å²) in [6.07, 6.45) is 2.77. The van der Waals surface area contributed by atoms with Gasteiger partial charge in [-0.25, -0.2) is 0 Å². The maximum absolute atomic E-state index is 12.1. The Morgan fingerprint density at radius 3 is 2.82 bits per heavy atom. The van der Waals surface area contributed by atoms with E-state index in [0.717, 1.165) is 12.8 Å². The molecule has 1 heterocycles. The lowest BCUT2D eigenvalue weighted by atomic mass is 9.79. The van der Waals surface area contributed by atoms with Gasteiger partial charge in [-0.05, 0) is 18.4 Å². The van der Waals surface area contributed by atoms with Gasteiger partial charge in [0.25, 0.3) is 0 Å². The van der Waals surface area contributed by atoms with E-state index < -0.39 is 0 Å². The van der Waals surface area contributed by atoms with Gasteiger partial charge in [0.05, 0.1) is 18.1 Å². The molecule has 3 atom stereocenters. The first-order valence-corrected chi connectivity index (χ1v) is 6.24. The molecule has 2 fully saturated rings. The van der Waals surface area contributed by atoms with E-state index in [2.05, 4.69) is 12.1 Å². The Labute approximate surface area is 101 Å². The molecule has 1 saturated carbocycles. The molecule has 0 bridgehead atoms. The number of ketones is 1. The summed E-state index contributed by atoms with van der Waals surface area (Å²) in [5.74, 6) is 0.385. The molecule has 3 heteroatoms. The van der Waals surface area contributed by atoms with Crippen molar-refractivity contribution in [1.82, 2.24) is 5.06 Å². The van der Waals surface area contributed by atoms with Crippen LogP contribution < -0.4 is 0 Å². The molecule has 1 aliphatic heterocycles. The number of hydrogen-bond acceptors (Lipinski definition) is 3. The Morgan fingerprint density at radius 1 is 1.29 bits per heavy atom. The molecule has 0 unspecified atom stereocenters. The third kappa shape index (κ3) is 1.79. The molecular formula is C14H17NO2. The van der Waals surface area contributed by atoms with Gasteiger partial charge in [0.1, 0.15) is 5.78 Å². The van der Waals surface area contributed by atoms with Crippen LogP contribution in [0.2, 0.25) is 0 Å². The highest BCUT2D eigenvalue weighted by Crippen LogP contribution is 2.43. The standard InChI is InChI=1S/C14H17NO2/c1-15-14(10-6-3-2-4-7-10)13-11(16)8-5-9-12(13)17-15/h2-4,6-7,12-14H,5,8-9H2,1H3/t12-,13-,14-/m1/s1. The van der Waals surface area contributed by atoms with Crippen molar-refractivity contribution in [2.24, 2.45) is 5.92 Å². The van der Waals surface area contributed by atoms with E-state index in [4.69, 9.17) is 4.84 Å². The van der Waals surface area contributed by atoms with Crippen LogP contribution in [0.1, 0.15) is 30.9 Å². The van der Waals surface area contributed by atoms with Crippen LogP contribution in [0.5, 0.6) is 0 Å². The Morgan fingerprint density at radius 2 is 2.06 bits per heavy atom. The van der Waals surface area contributed by atoms with Gasteiger partial charge < -0.3 is 0 Å². The lowest BCUT2D eigenvalue weighted by Crippen LogP contribution is -2.32. The summed E-state index contributed by atoms with van der Waals surface area (Å²) in [6, 6.07) is 10.3. The summed E-state index contributed by atoms with van der Waals surface area (Å²) in [6.45, 7) is 0. The van der Waals surface area contributed by atoms with E-state index in [-0.39, 0.29) is 18.1 Å². The normalized spacial score (nSPS) is 33.7. The molecule has 0 amide bonds. The fourth-order valence-corrected chi connectivity index (χ4v) is 3.10. The summed E-state index contributed by atoms with van der Waals surface area (Å²) < 4.78 is 0. The topological polar surface area (TPSA) is 29.5 Å². The van der Waals surface area contributed by atoms with Gasteiger partial charge in [-0.3, -0.25) is 9.63 Å². The maximum Gasteiger partial charge on any atom is 0.140 e. The van der Waals surface area contributed by atoms with Crippen LogP contribution in [0.15, 0.2) is 30.3 Å². The number of hydrogen-bond donors (Lipinski definition) is 0. The van der Waals surface area contributed by atoms with E-state index in [1.807, 2.05) is 30.3 Å². The summed E-state index contributed by atoms with van der Waals surface area (Å²) in [5, 5.41) is 1.87. The van der Waals surface area contributed by atoms with Crippen molar-refractivity contribution in [3.05, 3.63) is 35.9 Å². The van der Waals surface area contributed by atoms with Gasteiger partial charge in [-0.2, -0.15) is 5.06 Å². The summed E-state index contributed by atoms with van der Waals surface area (Å²) in [7, 11) is 1.93. The second-order valence-electron chi connectivity index (χ2n) is 4.93. The average molecular weight is 231 g/mol. The Balaban J connectivity index is 1.95. The van der Waals surface area contributed by atoms with E-state index >= 15 is 0 Å². The molecule has 0 N–H and O–H groups in total. The Kier molecular flexibility index (Phi) is 2.73. The van der Waals surface area contributed by atoms with Crippen LogP contribution in [-0.4, -0.2) is 24.0 Å². The fourth-order valence-electron chi connectivity index (χ4n) is 3.10. The van der Waals surface area contributed by atoms with E-state index in [0.29, 0.717) is 12.2 Å². The second kappa shape index (κ2) is 4.24. The van der Waals surface area contributed by atoms with Gasteiger partial charge in [0.15, 0.2) is 0 Å². The minimum absolute atomic E-state index is 0.0242. The van der Waals surface area contributed by atoms with Crippen LogP contribution in [0.25, 0.3) is 0 Å². The van der Waals surface area contributed by atoms with Crippen molar-refractivity contribution in [1.29, 1.82) is 0 Å². The highest BCUT2D eigenvalue weighted by Gasteiger charge is 2.47. The van der Waals surface area contributed by atoms with E-state index in [9.17, 15) is 4.79 Å². The summed E-state index contributed by atoms with van der Waals surface area (Å²) in [4.78, 5) is 17.9. The highest BCUT2D eigenvalue weighted by molar-refractivity contribution is 5.83. The maximum atomic E-state index is 12.1. The number of rotatable bonds is 1. The molecule has 0 radical (unpaired) electrons. The minimum atomic E-state index is 0.0242. The van der Waals surface area contributed by atoms with E-state index in [1.54, 1.807) is 0 Å². The summed E-state index contributed by atoms with van der Waals surface area (Å²) >= 11 is 0. The molecule has 1 saturated heterocycles. The van der Waals surface area contributed by atoms with Crippen molar-refractivity contribution in [2.75, 3.05) is 7.05 Å². The molecular weight excluding hydrogens is 214 g/mol. The quantitative estimate of drug-likeness (QED) is 0.743. The lowest BCUT2D eigenvalue weighted by molar-refractivity contribution is -0.149. The monoisotopic (exact) mass is 231 g/mol. The van der Waals surface area contributed by atoms with Crippen LogP contribution in [0.4, 0.5) is 0 Å². The predicted octanol–water partition coefficient (Wildman–Crippen LogP) is 2.34. The van der Waals surface area contributed by atoms with Crippen molar-refractivity contribution in [2.45, 2.75) is 31.4 Å². The zero-order chi connectivity index (χ0) is 11.8. The summed E-state index contributed by atoms with van der Waals surface area (Å²) in [5.41, 5.74) is 1.18. The first-order chi connectivity index (χ1) is 8.27. The smallest absolute Gasteiger partial charge is 0.140 e. The molecule has 17 heavy (non-hydrogen) atoms. The SMILES string of the molecule is CN1O[C@@H]2CCCC(=O)[C@H]2[C@H]1c1ccccc1. The van der Waals surface area contributed by atoms with Gasteiger partial charge in [-0.1, -0.05) is 30.3 Å². The zero-order valence-corrected chi connectivity index (χ0v) is 10.0. The Bertz CT molecular complexity index is 417. The molecule has 90 valence electrons. The number of nitrogens with zero attached hydrogens (tertiary/aromatic N) is 1. The number of Topliss-reactive ketones (excluding diaryl/α,β-unsaturated/α-hetero) is 1. The number of benzene rings is 1. The zero-order valence-electron chi connectivity index (χ0n) is 10.0. The van der Waals surface area contributed by atoms with Crippen LogP contribution in [0.3, 0.4) is 0 Å². The molecule has 2 aliphatic rings. The van der Waals surface area contributed by atoms with Gasteiger partial charge >= 0.3 is 0 Å². The van der Waals surface area contributed by atoms with Crippen molar-refractivity contribution in [3.8, 4) is 0 Å². The molecule has 1 aromatic carbocycles. The van der Waals surface area contributed by atoms with Crippen LogP contribution >= 0.6 is 0 Å². The molecule has 3 rings (SSSR count). The third-order valence-electron chi connectivity index (χ3n) is 3.86. The number of fused-ring (bicyclic) bond motifs is 1. The van der Waals surface area contributed by atoms with Crippen molar-refractivity contribution < 1.29 is 9.63 Å². The first-order valence-electron chi connectivity index (χ1n) is 6.24. The predicted molar refractivity (Wildman–Crippen MR) is 64.2 cm³/mol. The van der Waals surface area contributed by atoms with Gasteiger partial charge in [-0.15, -0.1) is 0 Å². The second-order valence-corrected chi connectivity index (χ2v) is 4.93. The number of carbonyl (C=O) groups is 1. The number of hydroxylamine groups is 2. The first kappa shape index (κ1) is 10.9. The van der Waals surface area contributed by atoms with Crippen LogP contribution in [0, 0.1) is 5.92 Å². The molecule has 3 nitrogen and oxygen atoms in total. The number of carbonyl (C=O) groups excluding carboxylic acids is 1. The molecule has 0 aromatic heterocycles. The van der Waals surface area contributed by atoms with E-state index in [1.165, 1.54) is 5.56 Å². The largest absolute Gasteiger partial charge is 0.299 e. The Hall–Kier alpha value is -1.19. The van der Waals surface area contributed by atoms with Gasteiger partial charge in [0.2, 0.25) is 0 Å².